The predicted octanol–water partition coefficient (Wildman–Crippen LogP) is 3.35. The number of unbranched alkanes of at least 4 members (excludes halogenated alkanes) is 2. The van der Waals surface area contributed by atoms with E-state index in [4.69, 9.17) is 9.47 Å². The number of nitrogens with zero attached hydrogens (tertiary/aromatic N) is 1. The molecule has 0 aliphatic rings. The second kappa shape index (κ2) is 7.48. The van der Waals surface area contributed by atoms with Crippen LogP contribution >= 0.6 is 0 Å². The molecule has 20 heavy (non-hydrogen) atoms. The van der Waals surface area contributed by atoms with Crippen molar-refractivity contribution >= 4 is 16.9 Å². The third kappa shape index (κ3) is 3.95. The van der Waals surface area contributed by atoms with Gasteiger partial charge in [-0.05, 0) is 18.6 Å². The van der Waals surface area contributed by atoms with Crippen LogP contribution in [0.2, 0.25) is 0 Å². The summed E-state index contributed by atoms with van der Waals surface area (Å²) in [6.45, 7) is 2.49. The second-order valence-corrected chi connectivity index (χ2v) is 4.55. The molecule has 0 bridgehead atoms. The second-order valence-electron chi connectivity index (χ2n) is 4.55. The molecule has 1 aromatic heterocycles. The maximum absolute atomic E-state index is 11.5. The van der Waals surface area contributed by atoms with E-state index >= 15 is 0 Å². The van der Waals surface area contributed by atoms with Crippen molar-refractivity contribution < 1.29 is 14.3 Å². The number of hydrogen-bond donors (Lipinski definition) is 0. The molecule has 0 spiro atoms. The van der Waals surface area contributed by atoms with Gasteiger partial charge in [0.1, 0.15) is 11.3 Å². The molecule has 2 aromatic rings. The van der Waals surface area contributed by atoms with Crippen molar-refractivity contribution in [3.05, 3.63) is 36.5 Å². The van der Waals surface area contributed by atoms with Crippen molar-refractivity contribution in [2.24, 2.45) is 0 Å². The molecule has 0 radical (unpaired) electrons. The number of benzene rings is 1. The van der Waals surface area contributed by atoms with Gasteiger partial charge in [0.25, 0.3) is 0 Å². The van der Waals surface area contributed by atoms with E-state index in [0.29, 0.717) is 12.4 Å². The summed E-state index contributed by atoms with van der Waals surface area (Å²) in [5.41, 5.74) is 0.758. The van der Waals surface area contributed by atoms with Gasteiger partial charge in [0.2, 0.25) is 0 Å². The van der Waals surface area contributed by atoms with Gasteiger partial charge in [0.15, 0.2) is 6.61 Å². The number of esters is 1. The molecule has 0 unspecified atom stereocenters. The zero-order valence-electron chi connectivity index (χ0n) is 11.7. The van der Waals surface area contributed by atoms with Crippen molar-refractivity contribution in [3.63, 3.8) is 0 Å². The number of ether oxygens (including phenoxy) is 2. The maximum atomic E-state index is 11.5. The van der Waals surface area contributed by atoms with Crippen LogP contribution < -0.4 is 4.74 Å². The van der Waals surface area contributed by atoms with Gasteiger partial charge in [-0.15, -0.1) is 0 Å². The highest BCUT2D eigenvalue weighted by Gasteiger charge is 2.07. The van der Waals surface area contributed by atoms with E-state index in [1.54, 1.807) is 12.3 Å². The fraction of sp³-hybridized carbons (Fsp3) is 0.375. The SMILES string of the molecule is CCCCCOC(=O)COc1cccc2cccnc12. The van der Waals surface area contributed by atoms with Crippen LogP contribution in [-0.2, 0) is 9.53 Å². The number of pyridine rings is 1. The van der Waals surface area contributed by atoms with Crippen molar-refractivity contribution in [2.75, 3.05) is 13.2 Å². The third-order valence-corrected chi connectivity index (χ3v) is 2.95. The van der Waals surface area contributed by atoms with Gasteiger partial charge >= 0.3 is 5.97 Å². The van der Waals surface area contributed by atoms with Crippen LogP contribution in [0.3, 0.4) is 0 Å². The summed E-state index contributed by atoms with van der Waals surface area (Å²) in [6, 6.07) is 9.47. The Morgan fingerprint density at radius 2 is 2.05 bits per heavy atom. The van der Waals surface area contributed by atoms with Crippen LogP contribution in [0.1, 0.15) is 26.2 Å². The van der Waals surface area contributed by atoms with Gasteiger partial charge in [0.05, 0.1) is 6.61 Å². The lowest BCUT2D eigenvalue weighted by Gasteiger charge is -2.08. The first-order valence-electron chi connectivity index (χ1n) is 6.93. The zero-order chi connectivity index (χ0) is 14.2. The maximum Gasteiger partial charge on any atom is 0.344 e. The minimum absolute atomic E-state index is 0.0815. The molecule has 0 aliphatic carbocycles. The fourth-order valence-corrected chi connectivity index (χ4v) is 1.91. The van der Waals surface area contributed by atoms with Gasteiger partial charge < -0.3 is 9.47 Å². The van der Waals surface area contributed by atoms with E-state index in [1.807, 2.05) is 24.3 Å². The summed E-state index contributed by atoms with van der Waals surface area (Å²) in [7, 11) is 0. The molecule has 0 N–H and O–H groups in total. The zero-order valence-corrected chi connectivity index (χ0v) is 11.7. The van der Waals surface area contributed by atoms with E-state index in [0.717, 1.165) is 30.2 Å². The number of para-hydroxylation sites is 1. The number of rotatable bonds is 7. The van der Waals surface area contributed by atoms with Crippen LogP contribution in [0, 0.1) is 0 Å². The first-order chi connectivity index (χ1) is 9.81. The largest absolute Gasteiger partial charge is 0.480 e. The highest BCUT2D eigenvalue weighted by Crippen LogP contribution is 2.22. The molecule has 0 saturated carbocycles. The Hall–Kier alpha value is -2.10. The number of fused-ring (bicyclic) bond motifs is 1. The molecule has 1 aromatic carbocycles. The molecule has 0 saturated heterocycles. The Kier molecular flexibility index (Phi) is 5.35. The summed E-state index contributed by atoms with van der Waals surface area (Å²) >= 11 is 0. The molecule has 0 amide bonds. The predicted molar refractivity (Wildman–Crippen MR) is 77.7 cm³/mol. The van der Waals surface area contributed by atoms with Gasteiger partial charge in [-0.3, -0.25) is 4.98 Å². The summed E-state index contributed by atoms with van der Waals surface area (Å²) in [4.78, 5) is 15.8. The first kappa shape index (κ1) is 14.3. The Balaban J connectivity index is 1.88. The van der Waals surface area contributed by atoms with Gasteiger partial charge in [-0.2, -0.15) is 0 Å². The third-order valence-electron chi connectivity index (χ3n) is 2.95. The smallest absolute Gasteiger partial charge is 0.344 e. The summed E-state index contributed by atoms with van der Waals surface area (Å²) in [5, 5.41) is 0.987. The normalized spacial score (nSPS) is 10.4. The van der Waals surface area contributed by atoms with E-state index in [-0.39, 0.29) is 12.6 Å². The monoisotopic (exact) mass is 273 g/mol. The Morgan fingerprint density at radius 3 is 2.90 bits per heavy atom. The van der Waals surface area contributed by atoms with E-state index in [1.165, 1.54) is 0 Å². The van der Waals surface area contributed by atoms with Crippen LogP contribution in [0.25, 0.3) is 10.9 Å². The van der Waals surface area contributed by atoms with Crippen LogP contribution in [0.15, 0.2) is 36.5 Å². The summed E-state index contributed by atoms with van der Waals surface area (Å²) < 4.78 is 10.6. The Morgan fingerprint density at radius 1 is 1.20 bits per heavy atom. The number of hydrogen-bond acceptors (Lipinski definition) is 4. The summed E-state index contributed by atoms with van der Waals surface area (Å²) in [5.74, 6) is 0.266. The highest BCUT2D eigenvalue weighted by atomic mass is 16.6. The Labute approximate surface area is 118 Å². The standard InChI is InChI=1S/C16H19NO3/c1-2-3-4-11-19-15(18)12-20-14-9-5-7-13-8-6-10-17-16(13)14/h5-10H,2-4,11-12H2,1H3. The average molecular weight is 273 g/mol. The summed E-state index contributed by atoms with van der Waals surface area (Å²) in [6.07, 6.45) is 4.79. The van der Waals surface area contributed by atoms with E-state index < -0.39 is 0 Å². The molecule has 0 atom stereocenters. The van der Waals surface area contributed by atoms with Crippen molar-refractivity contribution in [3.8, 4) is 5.75 Å². The lowest BCUT2D eigenvalue weighted by atomic mass is 10.2. The van der Waals surface area contributed by atoms with E-state index in [9.17, 15) is 4.79 Å². The highest BCUT2D eigenvalue weighted by molar-refractivity contribution is 5.84. The molecule has 4 nitrogen and oxygen atoms in total. The topological polar surface area (TPSA) is 48.4 Å². The molecule has 106 valence electrons. The lowest BCUT2D eigenvalue weighted by molar-refractivity contribution is -0.146. The Bertz CT molecular complexity index is 563. The number of aromatic nitrogens is 1. The molecule has 1 heterocycles. The van der Waals surface area contributed by atoms with Crippen molar-refractivity contribution in [1.29, 1.82) is 0 Å². The van der Waals surface area contributed by atoms with Crippen molar-refractivity contribution in [2.45, 2.75) is 26.2 Å². The number of carbonyl (C=O) groups is 1. The lowest BCUT2D eigenvalue weighted by Crippen LogP contribution is -2.15. The fourth-order valence-electron chi connectivity index (χ4n) is 1.91. The van der Waals surface area contributed by atoms with Gasteiger partial charge in [0, 0.05) is 11.6 Å². The molecular weight excluding hydrogens is 254 g/mol. The van der Waals surface area contributed by atoms with Gasteiger partial charge in [-0.25, -0.2) is 4.79 Å². The van der Waals surface area contributed by atoms with Crippen LogP contribution in [0.5, 0.6) is 5.75 Å². The minimum Gasteiger partial charge on any atom is -0.480 e. The first-order valence-corrected chi connectivity index (χ1v) is 6.93. The quantitative estimate of drug-likeness (QED) is 0.573. The van der Waals surface area contributed by atoms with Crippen molar-refractivity contribution in [1.82, 2.24) is 4.98 Å². The average Bonchev–Trinajstić information content (AvgIpc) is 2.49. The number of carbonyl (C=O) groups excluding carboxylic acids is 1. The molecule has 4 heteroatoms. The van der Waals surface area contributed by atoms with Gasteiger partial charge in [-0.1, -0.05) is 38.0 Å². The van der Waals surface area contributed by atoms with Crippen LogP contribution in [0.4, 0.5) is 0 Å². The minimum atomic E-state index is -0.339. The van der Waals surface area contributed by atoms with Crippen LogP contribution in [-0.4, -0.2) is 24.2 Å². The molecule has 0 aliphatic heterocycles. The molecular formula is C16H19NO3. The molecule has 2 rings (SSSR count). The molecule has 0 fully saturated rings. The van der Waals surface area contributed by atoms with E-state index in [2.05, 4.69) is 11.9 Å².